The van der Waals surface area contributed by atoms with Gasteiger partial charge in [0.25, 0.3) is 10.0 Å². The minimum atomic E-state index is -3.76. The third kappa shape index (κ3) is 2.27. The first-order valence-electron chi connectivity index (χ1n) is 6.00. The number of hydrogen-bond donors (Lipinski definition) is 1. The first kappa shape index (κ1) is 14.6. The van der Waals surface area contributed by atoms with Crippen molar-refractivity contribution in [3.8, 4) is 0 Å². The third-order valence-corrected chi connectivity index (χ3v) is 7.76. The van der Waals surface area contributed by atoms with Gasteiger partial charge in [0.2, 0.25) is 0 Å². The summed E-state index contributed by atoms with van der Waals surface area (Å²) in [5.41, 5.74) is 0.964. The second kappa shape index (κ2) is 5.11. The molecule has 0 radical (unpaired) electrons. The van der Waals surface area contributed by atoms with Crippen molar-refractivity contribution >= 4 is 48.9 Å². The molecule has 1 N–H and O–H groups in total. The van der Waals surface area contributed by atoms with E-state index in [1.165, 1.54) is 4.31 Å². The Bertz CT molecular complexity index is 815. The predicted octanol–water partition coefficient (Wildman–Crippen LogP) is 2.89. The number of carboxylic acids is 1. The van der Waals surface area contributed by atoms with E-state index in [0.29, 0.717) is 15.7 Å². The number of carbonyl (C=O) groups is 1. The van der Waals surface area contributed by atoms with Gasteiger partial charge in [0.15, 0.2) is 4.21 Å². The maximum absolute atomic E-state index is 12.8. The van der Waals surface area contributed by atoms with E-state index in [-0.39, 0.29) is 10.8 Å². The topological polar surface area (TPSA) is 74.7 Å². The maximum atomic E-state index is 12.8. The van der Waals surface area contributed by atoms with Crippen LogP contribution in [0.25, 0.3) is 0 Å². The Kier molecular flexibility index (Phi) is 3.54. The monoisotopic (exact) mass is 387 g/mol. The normalized spacial score (nSPS) is 17.8. The van der Waals surface area contributed by atoms with Crippen LogP contribution < -0.4 is 4.31 Å². The molecular formula is C13H10BrNO4S2. The summed E-state index contributed by atoms with van der Waals surface area (Å²) in [6, 6.07) is 8.37. The number of fused-ring (bicyclic) bond motifs is 1. The van der Waals surface area contributed by atoms with Crippen molar-refractivity contribution in [2.45, 2.75) is 10.1 Å². The largest absolute Gasteiger partial charge is 0.481 e. The number of hydrogen-bond acceptors (Lipinski definition) is 4. The Morgan fingerprint density at radius 3 is 2.67 bits per heavy atom. The van der Waals surface area contributed by atoms with Gasteiger partial charge in [0, 0.05) is 4.47 Å². The Morgan fingerprint density at radius 2 is 2.05 bits per heavy atom. The van der Waals surface area contributed by atoms with Gasteiger partial charge in [0.1, 0.15) is 5.92 Å². The molecule has 1 aromatic carbocycles. The Morgan fingerprint density at radius 1 is 1.33 bits per heavy atom. The van der Waals surface area contributed by atoms with E-state index in [0.717, 1.165) is 11.3 Å². The van der Waals surface area contributed by atoms with E-state index in [2.05, 4.69) is 15.9 Å². The smallest absolute Gasteiger partial charge is 0.312 e. The summed E-state index contributed by atoms with van der Waals surface area (Å²) < 4.78 is 27.4. The average Bonchev–Trinajstić information content (AvgIpc) is 3.02. The molecule has 0 spiro atoms. The average molecular weight is 388 g/mol. The molecule has 0 fully saturated rings. The first-order valence-corrected chi connectivity index (χ1v) is 9.11. The molecule has 0 saturated carbocycles. The van der Waals surface area contributed by atoms with E-state index in [1.807, 2.05) is 0 Å². The molecule has 5 nitrogen and oxygen atoms in total. The molecule has 21 heavy (non-hydrogen) atoms. The van der Waals surface area contributed by atoms with Gasteiger partial charge < -0.3 is 5.11 Å². The lowest BCUT2D eigenvalue weighted by Crippen LogP contribution is -2.31. The number of sulfonamides is 1. The van der Waals surface area contributed by atoms with E-state index >= 15 is 0 Å². The minimum Gasteiger partial charge on any atom is -0.481 e. The zero-order valence-corrected chi connectivity index (χ0v) is 13.8. The molecule has 2 aromatic rings. The fourth-order valence-corrected chi connectivity index (χ4v) is 6.29. The van der Waals surface area contributed by atoms with Gasteiger partial charge in [-0.2, -0.15) is 0 Å². The number of anilines is 1. The molecule has 2 heterocycles. The predicted molar refractivity (Wildman–Crippen MR) is 83.4 cm³/mol. The Labute approximate surface area is 134 Å². The summed E-state index contributed by atoms with van der Waals surface area (Å²) in [5, 5.41) is 11.0. The van der Waals surface area contributed by atoms with Crippen molar-refractivity contribution in [2.24, 2.45) is 0 Å². The van der Waals surface area contributed by atoms with Gasteiger partial charge in [-0.25, -0.2) is 8.42 Å². The van der Waals surface area contributed by atoms with Crippen LogP contribution in [0.4, 0.5) is 5.69 Å². The second-order valence-corrected chi connectivity index (χ2v) is 8.37. The molecule has 1 aliphatic heterocycles. The van der Waals surface area contributed by atoms with Crippen LogP contribution in [0.15, 0.2) is 44.4 Å². The molecule has 110 valence electrons. The van der Waals surface area contributed by atoms with Crippen molar-refractivity contribution in [3.63, 3.8) is 0 Å². The van der Waals surface area contributed by atoms with Crippen LogP contribution in [0.5, 0.6) is 0 Å². The molecule has 8 heteroatoms. The lowest BCUT2D eigenvalue weighted by Gasteiger charge is -2.18. The van der Waals surface area contributed by atoms with Gasteiger partial charge in [-0.3, -0.25) is 9.10 Å². The fourth-order valence-electron chi connectivity index (χ4n) is 2.37. The van der Waals surface area contributed by atoms with E-state index in [9.17, 15) is 18.3 Å². The third-order valence-electron chi connectivity index (χ3n) is 3.34. The molecule has 1 aromatic heterocycles. The standard InChI is InChI=1S/C13H10BrNO4S2/c14-10-5-6-20-13(10)21(18,19)15-7-9(12(16)17)8-3-1-2-4-11(8)15/h1-6,9H,7H2,(H,16,17). The number of benzene rings is 1. The zero-order chi connectivity index (χ0) is 15.2. The van der Waals surface area contributed by atoms with Gasteiger partial charge in [-0.05, 0) is 39.0 Å². The van der Waals surface area contributed by atoms with Gasteiger partial charge in [-0.1, -0.05) is 18.2 Å². The summed E-state index contributed by atoms with van der Waals surface area (Å²) in [6.07, 6.45) is 0. The molecule has 0 aliphatic carbocycles. The fraction of sp³-hybridized carbons (Fsp3) is 0.154. The van der Waals surface area contributed by atoms with Crippen molar-refractivity contribution in [3.05, 3.63) is 45.7 Å². The van der Waals surface area contributed by atoms with Crippen LogP contribution in [-0.4, -0.2) is 26.0 Å². The summed E-state index contributed by atoms with van der Waals surface area (Å²) in [5.74, 6) is -1.86. The number of carboxylic acid groups (broad SMARTS) is 1. The van der Waals surface area contributed by atoms with E-state index < -0.39 is 21.9 Å². The van der Waals surface area contributed by atoms with Crippen LogP contribution in [-0.2, 0) is 14.8 Å². The highest BCUT2D eigenvalue weighted by Gasteiger charge is 2.40. The summed E-state index contributed by atoms with van der Waals surface area (Å²) in [6.45, 7) is -0.0820. The Balaban J connectivity index is 2.13. The molecule has 1 atom stereocenters. The van der Waals surface area contributed by atoms with Gasteiger partial charge in [0.05, 0.1) is 12.2 Å². The molecule has 1 unspecified atom stereocenters. The quantitative estimate of drug-likeness (QED) is 0.878. The van der Waals surface area contributed by atoms with Crippen molar-refractivity contribution in [1.82, 2.24) is 0 Å². The molecular weight excluding hydrogens is 378 g/mol. The van der Waals surface area contributed by atoms with Crippen LogP contribution in [0.1, 0.15) is 11.5 Å². The molecule has 3 rings (SSSR count). The number of rotatable bonds is 3. The lowest BCUT2D eigenvalue weighted by atomic mass is 10.0. The number of halogens is 1. The van der Waals surface area contributed by atoms with Crippen molar-refractivity contribution in [1.29, 1.82) is 0 Å². The molecule has 0 bridgehead atoms. The zero-order valence-electron chi connectivity index (χ0n) is 10.6. The van der Waals surface area contributed by atoms with Crippen molar-refractivity contribution in [2.75, 3.05) is 10.8 Å². The molecule has 0 amide bonds. The number of para-hydroxylation sites is 1. The number of aliphatic carboxylic acids is 1. The van der Waals surface area contributed by atoms with Crippen molar-refractivity contribution < 1.29 is 18.3 Å². The highest BCUT2D eigenvalue weighted by molar-refractivity contribution is 9.10. The van der Waals surface area contributed by atoms with Gasteiger partial charge in [-0.15, -0.1) is 11.3 Å². The van der Waals surface area contributed by atoms with Gasteiger partial charge >= 0.3 is 5.97 Å². The van der Waals surface area contributed by atoms with Crippen LogP contribution in [0.2, 0.25) is 0 Å². The summed E-state index contributed by atoms with van der Waals surface area (Å²) >= 11 is 4.33. The Hall–Kier alpha value is -1.38. The highest BCUT2D eigenvalue weighted by atomic mass is 79.9. The molecule has 1 aliphatic rings. The first-order chi connectivity index (χ1) is 9.93. The summed E-state index contributed by atoms with van der Waals surface area (Å²) in [4.78, 5) is 11.4. The SMILES string of the molecule is O=C(O)C1CN(S(=O)(=O)c2sccc2Br)c2ccccc21. The molecule has 0 saturated heterocycles. The second-order valence-electron chi connectivity index (χ2n) is 4.54. The van der Waals surface area contributed by atoms with Crippen LogP contribution in [0.3, 0.4) is 0 Å². The highest BCUT2D eigenvalue weighted by Crippen LogP contribution is 2.41. The van der Waals surface area contributed by atoms with E-state index in [1.54, 1.807) is 35.7 Å². The van der Waals surface area contributed by atoms with Crippen LogP contribution >= 0.6 is 27.3 Å². The minimum absolute atomic E-state index is 0.0820. The van der Waals surface area contributed by atoms with Crippen LogP contribution in [0, 0.1) is 0 Å². The number of thiophene rings is 1. The van der Waals surface area contributed by atoms with E-state index in [4.69, 9.17) is 0 Å². The summed E-state index contributed by atoms with van der Waals surface area (Å²) in [7, 11) is -3.76. The number of nitrogens with zero attached hydrogens (tertiary/aromatic N) is 1. The maximum Gasteiger partial charge on any atom is 0.312 e. The lowest BCUT2D eigenvalue weighted by molar-refractivity contribution is -0.138.